The van der Waals surface area contributed by atoms with E-state index in [4.69, 9.17) is 0 Å². The second-order valence-electron chi connectivity index (χ2n) is 6.15. The number of carbonyl (C=O) groups excluding carboxylic acids is 1. The van der Waals surface area contributed by atoms with Gasteiger partial charge in [-0.1, -0.05) is 6.07 Å². The summed E-state index contributed by atoms with van der Waals surface area (Å²) in [7, 11) is 0. The van der Waals surface area contributed by atoms with E-state index >= 15 is 0 Å². The number of aromatic nitrogens is 2. The largest absolute Gasteiger partial charge is 0.391 e. The van der Waals surface area contributed by atoms with E-state index < -0.39 is 23.8 Å². The van der Waals surface area contributed by atoms with Gasteiger partial charge >= 0.3 is 0 Å². The number of amides is 1. The van der Waals surface area contributed by atoms with Gasteiger partial charge in [-0.05, 0) is 36.2 Å². The molecule has 0 spiro atoms. The SMILES string of the molecule is O=C(c1ccc2nccn2c1)N1C[C@H](O)C[C@@H]1c1ccc(F)c(F)c1. The van der Waals surface area contributed by atoms with Gasteiger partial charge in [-0.2, -0.15) is 0 Å². The minimum Gasteiger partial charge on any atom is -0.391 e. The minimum absolute atomic E-state index is 0.143. The van der Waals surface area contributed by atoms with E-state index in [0.29, 0.717) is 11.1 Å². The van der Waals surface area contributed by atoms with Gasteiger partial charge in [0.05, 0.1) is 17.7 Å². The zero-order chi connectivity index (χ0) is 17.6. The Morgan fingerprint density at radius 2 is 2.04 bits per heavy atom. The number of benzene rings is 1. The number of β-amino-alcohol motifs (C(OH)–C–C–N with tert-alkyl or cyclic N) is 1. The first-order chi connectivity index (χ1) is 12.0. The number of hydrogen-bond acceptors (Lipinski definition) is 3. The normalized spacial score (nSPS) is 20.4. The Hall–Kier alpha value is -2.80. The van der Waals surface area contributed by atoms with Crippen LogP contribution in [0.3, 0.4) is 0 Å². The van der Waals surface area contributed by atoms with Crippen LogP contribution in [0.4, 0.5) is 8.78 Å². The summed E-state index contributed by atoms with van der Waals surface area (Å²) in [5.74, 6) is -2.18. The Morgan fingerprint density at radius 3 is 2.84 bits per heavy atom. The summed E-state index contributed by atoms with van der Waals surface area (Å²) in [6.45, 7) is 0.143. The van der Waals surface area contributed by atoms with Gasteiger partial charge in [0.25, 0.3) is 5.91 Å². The number of fused-ring (bicyclic) bond motifs is 1. The van der Waals surface area contributed by atoms with Crippen molar-refractivity contribution in [2.45, 2.75) is 18.6 Å². The average Bonchev–Trinajstić information content (AvgIpc) is 3.22. The van der Waals surface area contributed by atoms with Crippen molar-refractivity contribution in [3.8, 4) is 0 Å². The number of likely N-dealkylation sites (tertiary alicyclic amines) is 1. The molecule has 7 heteroatoms. The van der Waals surface area contributed by atoms with Gasteiger partial charge in [0.2, 0.25) is 0 Å². The van der Waals surface area contributed by atoms with E-state index in [0.717, 1.165) is 17.8 Å². The summed E-state index contributed by atoms with van der Waals surface area (Å²) in [5, 5.41) is 10.0. The van der Waals surface area contributed by atoms with E-state index in [1.165, 1.54) is 11.0 Å². The van der Waals surface area contributed by atoms with Gasteiger partial charge in [-0.25, -0.2) is 13.8 Å². The highest BCUT2D eigenvalue weighted by Crippen LogP contribution is 2.34. The van der Waals surface area contributed by atoms with Crippen LogP contribution in [0, 0.1) is 11.6 Å². The maximum Gasteiger partial charge on any atom is 0.255 e. The lowest BCUT2D eigenvalue weighted by atomic mass is 10.0. The third-order valence-corrected chi connectivity index (χ3v) is 4.50. The molecule has 1 aromatic carbocycles. The molecule has 0 unspecified atom stereocenters. The maximum atomic E-state index is 13.6. The standard InChI is InChI=1S/C18H15F2N3O2/c19-14-3-1-11(7-15(14)20)16-8-13(24)10-23(16)18(25)12-2-4-17-21-5-6-22(17)9-12/h1-7,9,13,16,24H,8,10H2/t13-,16-/m1/s1. The Balaban J connectivity index is 1.68. The molecule has 1 saturated heterocycles. The molecule has 0 radical (unpaired) electrons. The Morgan fingerprint density at radius 1 is 1.20 bits per heavy atom. The van der Waals surface area contributed by atoms with Crippen molar-refractivity contribution in [3.63, 3.8) is 0 Å². The lowest BCUT2D eigenvalue weighted by Crippen LogP contribution is -2.32. The van der Waals surface area contributed by atoms with Crippen molar-refractivity contribution in [2.24, 2.45) is 0 Å². The molecule has 0 bridgehead atoms. The molecule has 1 fully saturated rings. The quantitative estimate of drug-likeness (QED) is 0.778. The number of halogens is 2. The van der Waals surface area contributed by atoms with Crippen LogP contribution in [0.25, 0.3) is 5.65 Å². The lowest BCUT2D eigenvalue weighted by Gasteiger charge is -2.25. The van der Waals surface area contributed by atoms with Gasteiger partial charge in [-0.15, -0.1) is 0 Å². The van der Waals surface area contributed by atoms with Crippen LogP contribution in [0.1, 0.15) is 28.4 Å². The van der Waals surface area contributed by atoms with E-state index in [2.05, 4.69) is 4.98 Å². The number of aliphatic hydroxyl groups excluding tert-OH is 1. The molecule has 0 aliphatic carbocycles. The molecule has 1 aliphatic rings. The molecule has 1 aliphatic heterocycles. The molecule has 3 heterocycles. The summed E-state index contributed by atoms with van der Waals surface area (Å²) < 4.78 is 28.5. The molecule has 2 atom stereocenters. The van der Waals surface area contributed by atoms with E-state index in [1.54, 1.807) is 35.1 Å². The number of carbonyl (C=O) groups is 1. The molecule has 4 rings (SSSR count). The molecule has 3 aromatic rings. The zero-order valence-electron chi connectivity index (χ0n) is 13.1. The van der Waals surface area contributed by atoms with Crippen LogP contribution in [-0.2, 0) is 0 Å². The highest BCUT2D eigenvalue weighted by atomic mass is 19.2. The van der Waals surface area contributed by atoms with Crippen molar-refractivity contribution in [2.75, 3.05) is 6.54 Å². The number of hydrogen-bond donors (Lipinski definition) is 1. The van der Waals surface area contributed by atoms with Gasteiger partial charge < -0.3 is 14.4 Å². The van der Waals surface area contributed by atoms with Gasteiger partial charge in [-0.3, -0.25) is 4.79 Å². The molecule has 128 valence electrons. The van der Waals surface area contributed by atoms with Crippen molar-refractivity contribution in [1.82, 2.24) is 14.3 Å². The maximum absolute atomic E-state index is 13.6. The highest BCUT2D eigenvalue weighted by Gasteiger charge is 2.36. The van der Waals surface area contributed by atoms with Crippen LogP contribution in [-0.4, -0.2) is 37.9 Å². The van der Waals surface area contributed by atoms with Gasteiger partial charge in [0, 0.05) is 25.1 Å². The molecule has 1 N–H and O–H groups in total. The molecule has 1 amide bonds. The van der Waals surface area contributed by atoms with Crippen molar-refractivity contribution >= 4 is 11.6 Å². The van der Waals surface area contributed by atoms with E-state index in [-0.39, 0.29) is 18.9 Å². The van der Waals surface area contributed by atoms with Gasteiger partial charge in [0.15, 0.2) is 11.6 Å². The molecular formula is C18H15F2N3O2. The summed E-state index contributed by atoms with van der Waals surface area (Å²) in [4.78, 5) is 18.5. The minimum atomic E-state index is -0.967. The summed E-state index contributed by atoms with van der Waals surface area (Å²) in [6, 6.07) is 6.45. The second-order valence-corrected chi connectivity index (χ2v) is 6.15. The Labute approximate surface area is 142 Å². The second kappa shape index (κ2) is 5.93. The smallest absolute Gasteiger partial charge is 0.255 e. The van der Waals surface area contributed by atoms with Crippen LogP contribution in [0.15, 0.2) is 48.9 Å². The summed E-state index contributed by atoms with van der Waals surface area (Å²) in [6.07, 6.45) is 4.60. The fraction of sp³-hybridized carbons (Fsp3) is 0.222. The lowest BCUT2D eigenvalue weighted by molar-refractivity contribution is 0.0715. The highest BCUT2D eigenvalue weighted by molar-refractivity contribution is 5.94. The van der Waals surface area contributed by atoms with E-state index in [1.807, 2.05) is 0 Å². The number of imidazole rings is 1. The number of nitrogens with zero attached hydrogens (tertiary/aromatic N) is 3. The molecular weight excluding hydrogens is 328 g/mol. The third-order valence-electron chi connectivity index (χ3n) is 4.50. The summed E-state index contributed by atoms with van der Waals surface area (Å²) in [5.41, 5.74) is 1.62. The fourth-order valence-corrected chi connectivity index (χ4v) is 3.29. The summed E-state index contributed by atoms with van der Waals surface area (Å²) >= 11 is 0. The van der Waals surface area contributed by atoms with E-state index in [9.17, 15) is 18.7 Å². The monoisotopic (exact) mass is 343 g/mol. The molecule has 5 nitrogen and oxygen atoms in total. The predicted molar refractivity (Wildman–Crippen MR) is 86.0 cm³/mol. The van der Waals surface area contributed by atoms with Crippen molar-refractivity contribution in [1.29, 1.82) is 0 Å². The van der Waals surface area contributed by atoms with Crippen molar-refractivity contribution < 1.29 is 18.7 Å². The van der Waals surface area contributed by atoms with Gasteiger partial charge in [0.1, 0.15) is 5.65 Å². The first-order valence-corrected chi connectivity index (χ1v) is 7.89. The third kappa shape index (κ3) is 2.76. The van der Waals surface area contributed by atoms with Crippen molar-refractivity contribution in [3.05, 3.63) is 71.7 Å². The first kappa shape index (κ1) is 15.7. The fourth-order valence-electron chi connectivity index (χ4n) is 3.29. The van der Waals surface area contributed by atoms with Crippen LogP contribution < -0.4 is 0 Å². The number of rotatable bonds is 2. The Kier molecular flexibility index (Phi) is 3.73. The zero-order valence-corrected chi connectivity index (χ0v) is 13.1. The Bertz CT molecular complexity index is 956. The number of aliphatic hydroxyl groups is 1. The van der Waals surface area contributed by atoms with Crippen LogP contribution >= 0.6 is 0 Å². The molecule has 25 heavy (non-hydrogen) atoms. The topological polar surface area (TPSA) is 57.8 Å². The van der Waals surface area contributed by atoms with Crippen LogP contribution in [0.2, 0.25) is 0 Å². The molecule has 0 saturated carbocycles. The number of pyridine rings is 1. The van der Waals surface area contributed by atoms with Crippen LogP contribution in [0.5, 0.6) is 0 Å². The molecule has 2 aromatic heterocycles. The average molecular weight is 343 g/mol. The first-order valence-electron chi connectivity index (χ1n) is 7.89. The predicted octanol–water partition coefficient (Wildman–Crippen LogP) is 2.56.